The second-order valence-electron chi connectivity index (χ2n) is 9.03. The fraction of sp³-hybridized carbons (Fsp3) is 0.346. The first-order chi connectivity index (χ1) is 17.2. The van der Waals surface area contributed by atoms with Gasteiger partial charge in [0, 0.05) is 24.2 Å². The Morgan fingerprint density at radius 1 is 1.06 bits per heavy atom. The number of piperidine rings is 1. The van der Waals surface area contributed by atoms with Crippen molar-refractivity contribution in [3.63, 3.8) is 0 Å². The fourth-order valence-corrected chi connectivity index (χ4v) is 6.95. The third-order valence-corrected chi connectivity index (χ3v) is 8.74. The van der Waals surface area contributed by atoms with Crippen molar-refractivity contribution in [3.8, 4) is 11.3 Å². The van der Waals surface area contributed by atoms with Crippen LogP contribution < -0.4 is 5.32 Å². The van der Waals surface area contributed by atoms with Gasteiger partial charge in [0.15, 0.2) is 5.13 Å². The number of hydrogen-bond donors (Lipinski definition) is 1. The minimum Gasteiger partial charge on any atom is -0.462 e. The second kappa shape index (κ2) is 10.9. The lowest BCUT2D eigenvalue weighted by atomic mass is 9.94. The summed E-state index contributed by atoms with van der Waals surface area (Å²) in [6.07, 6.45) is 1.01. The number of thiazole rings is 1. The van der Waals surface area contributed by atoms with Crippen molar-refractivity contribution < 1.29 is 22.7 Å². The molecule has 10 heteroatoms. The monoisotopic (exact) mass is 527 g/mol. The van der Waals surface area contributed by atoms with Gasteiger partial charge >= 0.3 is 5.97 Å². The van der Waals surface area contributed by atoms with Crippen LogP contribution in [0.5, 0.6) is 0 Å². The summed E-state index contributed by atoms with van der Waals surface area (Å²) in [4.78, 5) is 30.3. The number of rotatable bonds is 7. The number of ether oxygens (including phenoxy) is 1. The minimum atomic E-state index is -3.64. The molecule has 1 fully saturated rings. The van der Waals surface area contributed by atoms with Crippen LogP contribution in [0.15, 0.2) is 59.5 Å². The van der Waals surface area contributed by atoms with Gasteiger partial charge in [0.2, 0.25) is 10.0 Å². The average molecular weight is 528 g/mol. The Morgan fingerprint density at radius 3 is 2.31 bits per heavy atom. The Morgan fingerprint density at radius 2 is 1.69 bits per heavy atom. The maximum absolute atomic E-state index is 13.1. The first kappa shape index (κ1) is 26.0. The Kier molecular flexibility index (Phi) is 7.87. The molecule has 2 atom stereocenters. The van der Waals surface area contributed by atoms with E-state index in [1.54, 1.807) is 6.92 Å². The topological polar surface area (TPSA) is 106 Å². The van der Waals surface area contributed by atoms with Crippen LogP contribution in [0.3, 0.4) is 0 Å². The van der Waals surface area contributed by atoms with E-state index in [1.807, 2.05) is 30.3 Å². The van der Waals surface area contributed by atoms with Crippen molar-refractivity contribution in [3.05, 3.63) is 65.0 Å². The van der Waals surface area contributed by atoms with E-state index in [1.165, 1.54) is 28.6 Å². The summed E-state index contributed by atoms with van der Waals surface area (Å²) in [6, 6.07) is 15.1. The number of carbonyl (C=O) groups is 2. The minimum absolute atomic E-state index is 0.158. The number of benzene rings is 2. The zero-order chi connectivity index (χ0) is 25.9. The van der Waals surface area contributed by atoms with Gasteiger partial charge < -0.3 is 4.74 Å². The first-order valence-corrected chi connectivity index (χ1v) is 14.1. The van der Waals surface area contributed by atoms with Crippen LogP contribution in [0.2, 0.25) is 0 Å². The highest BCUT2D eigenvalue weighted by Gasteiger charge is 2.31. The number of nitrogens with one attached hydrogen (secondary N) is 1. The van der Waals surface area contributed by atoms with Crippen LogP contribution in [0.4, 0.5) is 5.13 Å². The highest BCUT2D eigenvalue weighted by Crippen LogP contribution is 2.32. The number of nitrogens with zero attached hydrogens (tertiary/aromatic N) is 2. The Hall–Kier alpha value is -3.08. The number of carbonyl (C=O) groups excluding carboxylic acids is 2. The molecular formula is C26H29N3O5S2. The number of amides is 1. The maximum atomic E-state index is 13.1. The van der Waals surface area contributed by atoms with Crippen molar-refractivity contribution in [2.24, 2.45) is 11.8 Å². The lowest BCUT2D eigenvalue weighted by Gasteiger charge is -2.34. The quantitative estimate of drug-likeness (QED) is 0.438. The standard InChI is InChI=1S/C26H29N3O5S2/c1-4-34-25(31)23-22(19-8-6-5-7-9-19)27-26(35-23)28-24(30)20-10-12-21(13-11-20)36(32,33)29-15-17(2)14-18(3)16-29/h5-13,17-18H,4,14-16H2,1-3H3,(H,27,28,30)/t17-,18+. The van der Waals surface area contributed by atoms with Gasteiger partial charge in [0.1, 0.15) is 4.88 Å². The van der Waals surface area contributed by atoms with Crippen LogP contribution in [0.25, 0.3) is 11.3 Å². The van der Waals surface area contributed by atoms with Crippen LogP contribution in [-0.2, 0) is 14.8 Å². The van der Waals surface area contributed by atoms with Crippen LogP contribution >= 0.6 is 11.3 Å². The van der Waals surface area contributed by atoms with Gasteiger partial charge in [-0.2, -0.15) is 4.31 Å². The summed E-state index contributed by atoms with van der Waals surface area (Å²) in [7, 11) is -3.64. The van der Waals surface area contributed by atoms with E-state index < -0.39 is 21.9 Å². The maximum Gasteiger partial charge on any atom is 0.350 e. The normalized spacial score (nSPS) is 18.5. The third-order valence-electron chi connectivity index (χ3n) is 5.95. The Balaban J connectivity index is 1.53. The molecule has 1 aromatic heterocycles. The molecule has 0 aliphatic carbocycles. The number of anilines is 1. The second-order valence-corrected chi connectivity index (χ2v) is 12.0. The SMILES string of the molecule is CCOC(=O)c1sc(NC(=O)c2ccc(S(=O)(=O)N3C[C@H](C)C[C@H](C)C3)cc2)nc1-c1ccccc1. The molecule has 0 saturated carbocycles. The van der Waals surface area contributed by atoms with Crippen molar-refractivity contribution >= 4 is 38.4 Å². The third kappa shape index (κ3) is 5.66. The number of esters is 1. The summed E-state index contributed by atoms with van der Waals surface area (Å²) in [5.41, 5.74) is 1.44. The average Bonchev–Trinajstić information content (AvgIpc) is 3.28. The molecule has 0 spiro atoms. The van der Waals surface area contributed by atoms with Crippen molar-refractivity contribution in [2.75, 3.05) is 25.0 Å². The number of hydrogen-bond acceptors (Lipinski definition) is 7. The van der Waals surface area contributed by atoms with E-state index in [0.29, 0.717) is 35.5 Å². The Bertz CT molecular complexity index is 1330. The van der Waals surface area contributed by atoms with Gasteiger partial charge in [-0.05, 0) is 49.4 Å². The molecule has 1 aliphatic rings. The van der Waals surface area contributed by atoms with Gasteiger partial charge in [-0.25, -0.2) is 18.2 Å². The number of sulfonamides is 1. The molecule has 0 bridgehead atoms. The highest BCUT2D eigenvalue weighted by atomic mass is 32.2. The van der Waals surface area contributed by atoms with Gasteiger partial charge in [0.05, 0.1) is 17.2 Å². The van der Waals surface area contributed by atoms with Crippen molar-refractivity contribution in [1.29, 1.82) is 0 Å². The largest absolute Gasteiger partial charge is 0.462 e. The van der Waals surface area contributed by atoms with E-state index >= 15 is 0 Å². The lowest BCUT2D eigenvalue weighted by molar-refractivity contribution is 0.0532. The van der Waals surface area contributed by atoms with E-state index in [9.17, 15) is 18.0 Å². The fourth-order valence-electron chi connectivity index (χ4n) is 4.40. The van der Waals surface area contributed by atoms with E-state index in [4.69, 9.17) is 4.74 Å². The first-order valence-electron chi connectivity index (χ1n) is 11.8. The smallest absolute Gasteiger partial charge is 0.350 e. The zero-order valence-corrected chi connectivity index (χ0v) is 22.1. The molecule has 3 aromatic rings. The molecule has 190 valence electrons. The summed E-state index contributed by atoms with van der Waals surface area (Å²) in [6.45, 7) is 7.04. The molecular weight excluding hydrogens is 498 g/mol. The summed E-state index contributed by atoms with van der Waals surface area (Å²) in [5.74, 6) is -0.368. The highest BCUT2D eigenvalue weighted by molar-refractivity contribution is 7.89. The molecule has 1 saturated heterocycles. The van der Waals surface area contributed by atoms with E-state index in [2.05, 4.69) is 24.1 Å². The van der Waals surface area contributed by atoms with E-state index in [-0.39, 0.29) is 22.2 Å². The molecule has 2 heterocycles. The molecule has 1 aliphatic heterocycles. The van der Waals surface area contributed by atoms with Gasteiger partial charge in [-0.3, -0.25) is 10.1 Å². The predicted octanol–water partition coefficient (Wildman–Crippen LogP) is 4.91. The van der Waals surface area contributed by atoms with Crippen molar-refractivity contribution in [1.82, 2.24) is 9.29 Å². The zero-order valence-electron chi connectivity index (χ0n) is 20.4. The number of aromatic nitrogens is 1. The van der Waals surface area contributed by atoms with Crippen molar-refractivity contribution in [2.45, 2.75) is 32.1 Å². The summed E-state index contributed by atoms with van der Waals surface area (Å²) >= 11 is 1.03. The lowest BCUT2D eigenvalue weighted by Crippen LogP contribution is -2.42. The van der Waals surface area contributed by atoms with Crippen LogP contribution in [0.1, 0.15) is 47.2 Å². The van der Waals surface area contributed by atoms with Crippen LogP contribution in [0, 0.1) is 11.8 Å². The predicted molar refractivity (Wildman–Crippen MR) is 140 cm³/mol. The molecule has 2 aromatic carbocycles. The summed E-state index contributed by atoms with van der Waals surface area (Å²) in [5, 5.41) is 2.97. The molecule has 0 unspecified atom stereocenters. The van der Waals surface area contributed by atoms with Crippen LogP contribution in [-0.4, -0.2) is 49.3 Å². The molecule has 4 rings (SSSR count). The van der Waals surface area contributed by atoms with Gasteiger partial charge in [-0.15, -0.1) is 0 Å². The Labute approximate surface area is 215 Å². The summed E-state index contributed by atoms with van der Waals surface area (Å²) < 4.78 is 32.9. The molecule has 36 heavy (non-hydrogen) atoms. The van der Waals surface area contributed by atoms with Gasteiger partial charge in [-0.1, -0.05) is 55.5 Å². The van der Waals surface area contributed by atoms with Gasteiger partial charge in [0.25, 0.3) is 5.91 Å². The molecule has 1 amide bonds. The molecule has 0 radical (unpaired) electrons. The molecule has 8 nitrogen and oxygen atoms in total. The van der Waals surface area contributed by atoms with E-state index in [0.717, 1.165) is 23.3 Å². The molecule has 1 N–H and O–H groups in total.